The van der Waals surface area contributed by atoms with Crippen LogP contribution in [0.15, 0.2) is 65.8 Å². The number of hydrogen-bond acceptors (Lipinski definition) is 5. The number of hydrogen-bond donors (Lipinski definition) is 1. The average molecular weight is 337 g/mol. The third-order valence-electron chi connectivity index (χ3n) is 3.38. The van der Waals surface area contributed by atoms with Crippen LogP contribution in [0.4, 0.5) is 5.69 Å². The van der Waals surface area contributed by atoms with Crippen LogP contribution in [-0.2, 0) is 4.79 Å². The van der Waals surface area contributed by atoms with Crippen LogP contribution >= 0.6 is 11.8 Å². The number of aromatic carboxylic acids is 1. The van der Waals surface area contributed by atoms with Crippen LogP contribution in [0.3, 0.4) is 0 Å². The van der Waals surface area contributed by atoms with Gasteiger partial charge >= 0.3 is 0 Å². The molecule has 0 fully saturated rings. The zero-order valence-corrected chi connectivity index (χ0v) is 13.4. The first-order valence-corrected chi connectivity index (χ1v) is 8.20. The molecule has 1 amide bonds. The van der Waals surface area contributed by atoms with Crippen molar-refractivity contribution in [2.45, 2.75) is 5.03 Å². The Kier molecular flexibility index (Phi) is 4.77. The summed E-state index contributed by atoms with van der Waals surface area (Å²) in [6.45, 7) is 0. The molecule has 0 saturated carbocycles. The summed E-state index contributed by atoms with van der Waals surface area (Å²) < 4.78 is 0. The van der Waals surface area contributed by atoms with Crippen LogP contribution in [0.2, 0.25) is 0 Å². The number of amides is 1. The fourth-order valence-electron chi connectivity index (χ4n) is 2.23. The third kappa shape index (κ3) is 3.72. The molecule has 24 heavy (non-hydrogen) atoms. The summed E-state index contributed by atoms with van der Waals surface area (Å²) in [6, 6.07) is 15.6. The highest BCUT2D eigenvalue weighted by molar-refractivity contribution is 8.00. The van der Waals surface area contributed by atoms with E-state index in [1.807, 2.05) is 30.3 Å². The molecular formula is C18H13N2O3S-. The fraction of sp³-hybridized carbons (Fsp3) is 0.0556. The quantitative estimate of drug-likeness (QED) is 0.723. The number of pyridine rings is 1. The Balaban J connectivity index is 1.64. The van der Waals surface area contributed by atoms with Gasteiger partial charge in [0.05, 0.1) is 11.7 Å². The highest BCUT2D eigenvalue weighted by atomic mass is 32.2. The Morgan fingerprint density at radius 3 is 2.54 bits per heavy atom. The van der Waals surface area contributed by atoms with Crippen molar-refractivity contribution in [1.29, 1.82) is 0 Å². The standard InChI is InChI=1S/C18H14N2O3S/c21-16(20-14-7-5-13(6-8-14)18(22)23)11-24-17-15-4-2-1-3-12(15)9-10-19-17/h1-10H,11H2,(H,20,21)(H,22,23)/p-1. The molecule has 1 aromatic heterocycles. The molecule has 0 radical (unpaired) electrons. The average Bonchev–Trinajstić information content (AvgIpc) is 2.60. The van der Waals surface area contributed by atoms with E-state index < -0.39 is 5.97 Å². The minimum atomic E-state index is -1.24. The molecule has 3 aromatic rings. The van der Waals surface area contributed by atoms with Crippen molar-refractivity contribution in [3.05, 3.63) is 66.4 Å². The van der Waals surface area contributed by atoms with Gasteiger partial charge in [0.15, 0.2) is 0 Å². The normalized spacial score (nSPS) is 10.5. The van der Waals surface area contributed by atoms with Crippen LogP contribution in [0.25, 0.3) is 10.8 Å². The minimum absolute atomic E-state index is 0.0716. The lowest BCUT2D eigenvalue weighted by Gasteiger charge is -2.08. The van der Waals surface area contributed by atoms with E-state index in [1.54, 1.807) is 6.20 Å². The van der Waals surface area contributed by atoms with Crippen LogP contribution in [0.5, 0.6) is 0 Å². The summed E-state index contributed by atoms with van der Waals surface area (Å²) in [5.74, 6) is -1.22. The molecule has 0 aliphatic carbocycles. The van der Waals surface area contributed by atoms with Crippen molar-refractivity contribution in [1.82, 2.24) is 4.98 Å². The monoisotopic (exact) mass is 337 g/mol. The van der Waals surface area contributed by atoms with E-state index >= 15 is 0 Å². The van der Waals surface area contributed by atoms with Gasteiger partial charge in [-0.1, -0.05) is 48.2 Å². The van der Waals surface area contributed by atoms with E-state index in [-0.39, 0.29) is 17.2 Å². The van der Waals surface area contributed by atoms with E-state index in [0.717, 1.165) is 15.8 Å². The maximum absolute atomic E-state index is 12.1. The number of thioether (sulfide) groups is 1. The first kappa shape index (κ1) is 16.0. The Hall–Kier alpha value is -2.86. The molecule has 0 aliphatic rings. The largest absolute Gasteiger partial charge is 0.545 e. The van der Waals surface area contributed by atoms with Gasteiger partial charge in [0.25, 0.3) is 0 Å². The number of anilines is 1. The van der Waals surface area contributed by atoms with Crippen molar-refractivity contribution in [3.63, 3.8) is 0 Å². The second kappa shape index (κ2) is 7.14. The van der Waals surface area contributed by atoms with Gasteiger partial charge < -0.3 is 15.2 Å². The molecule has 120 valence electrons. The molecule has 0 bridgehead atoms. The van der Waals surface area contributed by atoms with E-state index in [9.17, 15) is 14.7 Å². The summed E-state index contributed by atoms with van der Waals surface area (Å²) in [7, 11) is 0. The lowest BCUT2D eigenvalue weighted by atomic mass is 10.2. The number of benzene rings is 2. The molecule has 0 unspecified atom stereocenters. The maximum Gasteiger partial charge on any atom is 0.234 e. The van der Waals surface area contributed by atoms with Crippen LogP contribution in [-0.4, -0.2) is 22.6 Å². The number of nitrogens with one attached hydrogen (secondary N) is 1. The number of carboxylic acids is 1. The number of carboxylic acid groups (broad SMARTS) is 1. The number of rotatable bonds is 5. The number of nitrogens with zero attached hydrogens (tertiary/aromatic N) is 1. The van der Waals surface area contributed by atoms with Gasteiger partial charge in [0.2, 0.25) is 5.91 Å². The first-order chi connectivity index (χ1) is 11.6. The molecule has 0 atom stereocenters. The predicted molar refractivity (Wildman–Crippen MR) is 91.9 cm³/mol. The second-order valence-corrected chi connectivity index (χ2v) is 6.00. The smallest absolute Gasteiger partial charge is 0.234 e. The second-order valence-electron chi connectivity index (χ2n) is 5.04. The Bertz CT molecular complexity index is 889. The molecule has 0 aliphatic heterocycles. The molecule has 3 rings (SSSR count). The van der Waals surface area contributed by atoms with Crippen LogP contribution < -0.4 is 10.4 Å². The van der Waals surface area contributed by atoms with Crippen LogP contribution in [0.1, 0.15) is 10.4 Å². The van der Waals surface area contributed by atoms with Gasteiger partial charge in [0, 0.05) is 17.3 Å². The summed E-state index contributed by atoms with van der Waals surface area (Å²) in [6.07, 6.45) is 1.72. The highest BCUT2D eigenvalue weighted by Gasteiger charge is 2.07. The molecule has 5 nitrogen and oxygen atoms in total. The summed E-state index contributed by atoms with van der Waals surface area (Å²) >= 11 is 1.36. The van der Waals surface area contributed by atoms with E-state index in [4.69, 9.17) is 0 Å². The highest BCUT2D eigenvalue weighted by Crippen LogP contribution is 2.25. The summed E-state index contributed by atoms with van der Waals surface area (Å²) in [5.41, 5.74) is 0.610. The van der Waals surface area contributed by atoms with Gasteiger partial charge in [-0.25, -0.2) is 4.98 Å². The Morgan fingerprint density at radius 2 is 1.79 bits per heavy atom. The van der Waals surface area contributed by atoms with Gasteiger partial charge in [-0.15, -0.1) is 0 Å². The number of carbonyl (C=O) groups excluding carboxylic acids is 2. The maximum atomic E-state index is 12.1. The van der Waals surface area contributed by atoms with Gasteiger partial charge in [-0.3, -0.25) is 4.79 Å². The molecule has 6 heteroatoms. The molecule has 0 saturated heterocycles. The minimum Gasteiger partial charge on any atom is -0.545 e. The van der Waals surface area contributed by atoms with Crippen molar-refractivity contribution >= 4 is 40.1 Å². The topological polar surface area (TPSA) is 82.1 Å². The molecule has 1 heterocycles. The summed E-state index contributed by atoms with van der Waals surface area (Å²) in [5, 5.41) is 16.3. The van der Waals surface area contributed by atoms with Crippen molar-refractivity contribution < 1.29 is 14.7 Å². The van der Waals surface area contributed by atoms with Crippen molar-refractivity contribution in [2.75, 3.05) is 11.1 Å². The van der Waals surface area contributed by atoms with Crippen molar-refractivity contribution in [3.8, 4) is 0 Å². The molecule has 0 spiro atoms. The molecular weight excluding hydrogens is 324 g/mol. The van der Waals surface area contributed by atoms with E-state index in [2.05, 4.69) is 10.3 Å². The zero-order chi connectivity index (χ0) is 16.9. The van der Waals surface area contributed by atoms with Gasteiger partial charge in [-0.05, 0) is 29.1 Å². The lowest BCUT2D eigenvalue weighted by molar-refractivity contribution is -0.255. The van der Waals surface area contributed by atoms with E-state index in [1.165, 1.54) is 36.0 Å². The SMILES string of the molecule is O=C(CSc1nccc2ccccc12)Nc1ccc(C(=O)[O-])cc1. The predicted octanol–water partition coefficient (Wildman–Crippen LogP) is 2.33. The Morgan fingerprint density at radius 1 is 1.04 bits per heavy atom. The zero-order valence-electron chi connectivity index (χ0n) is 12.6. The van der Waals surface area contributed by atoms with E-state index in [0.29, 0.717) is 5.69 Å². The number of carbonyl (C=O) groups is 2. The van der Waals surface area contributed by atoms with Gasteiger partial charge in [0.1, 0.15) is 5.03 Å². The molecule has 1 N–H and O–H groups in total. The summed E-state index contributed by atoms with van der Waals surface area (Å²) in [4.78, 5) is 27.1. The first-order valence-electron chi connectivity index (χ1n) is 7.21. The number of fused-ring (bicyclic) bond motifs is 1. The van der Waals surface area contributed by atoms with Crippen LogP contribution in [0, 0.1) is 0 Å². The van der Waals surface area contributed by atoms with Crippen molar-refractivity contribution in [2.24, 2.45) is 0 Å². The Labute approximate surface area is 142 Å². The lowest BCUT2D eigenvalue weighted by Crippen LogP contribution is -2.22. The molecule has 2 aromatic carbocycles. The fourth-order valence-corrected chi connectivity index (χ4v) is 3.04. The third-order valence-corrected chi connectivity index (χ3v) is 4.39. The van der Waals surface area contributed by atoms with Gasteiger partial charge in [-0.2, -0.15) is 0 Å². The number of aromatic nitrogens is 1.